The first-order valence-electron chi connectivity index (χ1n) is 11.5. The van der Waals surface area contributed by atoms with Crippen molar-refractivity contribution < 1.29 is 0 Å². The standard InChI is InChI=1S/C27H33NS/c1-5-27(3,4)19-14-15-22-21(16-19)24(18-12-10-17(2)11-13-18)25-20-8-6-7-9-23(20)29-26(25)28-22/h10-13,19H,5-9,14-16H2,1-4H3/t19-/m1/s1. The molecule has 1 aromatic carbocycles. The summed E-state index contributed by atoms with van der Waals surface area (Å²) >= 11 is 1.98. The first-order valence-corrected chi connectivity index (χ1v) is 12.3. The lowest BCUT2D eigenvalue weighted by atomic mass is 9.68. The summed E-state index contributed by atoms with van der Waals surface area (Å²) in [5.41, 5.74) is 9.23. The summed E-state index contributed by atoms with van der Waals surface area (Å²) in [5.74, 6) is 0.748. The molecule has 2 aromatic heterocycles. The van der Waals surface area contributed by atoms with Gasteiger partial charge in [-0.05, 0) is 85.5 Å². The molecular formula is C27H33NS. The van der Waals surface area contributed by atoms with Crippen LogP contribution in [-0.2, 0) is 25.7 Å². The summed E-state index contributed by atoms with van der Waals surface area (Å²) in [6.07, 6.45) is 10.0. The van der Waals surface area contributed by atoms with Crippen molar-refractivity contribution in [3.63, 3.8) is 0 Å². The molecule has 1 nitrogen and oxygen atoms in total. The highest BCUT2D eigenvalue weighted by Gasteiger charge is 2.34. The van der Waals surface area contributed by atoms with Gasteiger partial charge in [-0.15, -0.1) is 11.3 Å². The molecule has 5 rings (SSSR count). The number of fused-ring (bicyclic) bond motifs is 4. The van der Waals surface area contributed by atoms with Crippen molar-refractivity contribution in [3.8, 4) is 11.1 Å². The molecule has 29 heavy (non-hydrogen) atoms. The zero-order chi connectivity index (χ0) is 20.2. The predicted molar refractivity (Wildman–Crippen MR) is 126 cm³/mol. The first kappa shape index (κ1) is 19.3. The van der Waals surface area contributed by atoms with E-state index in [4.69, 9.17) is 4.98 Å². The molecule has 0 fully saturated rings. The minimum absolute atomic E-state index is 0.394. The third-order valence-electron chi connectivity index (χ3n) is 7.83. The van der Waals surface area contributed by atoms with Gasteiger partial charge < -0.3 is 0 Å². The monoisotopic (exact) mass is 403 g/mol. The van der Waals surface area contributed by atoms with E-state index in [0.29, 0.717) is 5.41 Å². The Hall–Kier alpha value is -1.67. The fraction of sp³-hybridized carbons (Fsp3) is 0.519. The largest absolute Gasteiger partial charge is 0.242 e. The Kier molecular flexibility index (Phi) is 4.81. The van der Waals surface area contributed by atoms with Gasteiger partial charge in [0.05, 0.1) is 0 Å². The van der Waals surface area contributed by atoms with Gasteiger partial charge in [0.2, 0.25) is 0 Å². The number of pyridine rings is 1. The van der Waals surface area contributed by atoms with Crippen LogP contribution in [0.15, 0.2) is 24.3 Å². The van der Waals surface area contributed by atoms with Crippen LogP contribution in [0.4, 0.5) is 0 Å². The minimum Gasteiger partial charge on any atom is -0.242 e. The minimum atomic E-state index is 0.394. The fourth-order valence-electron chi connectivity index (χ4n) is 5.45. The number of aryl methyl sites for hydroxylation is 4. The summed E-state index contributed by atoms with van der Waals surface area (Å²) in [6, 6.07) is 9.27. The van der Waals surface area contributed by atoms with Crippen LogP contribution in [0.2, 0.25) is 0 Å². The lowest BCUT2D eigenvalue weighted by Gasteiger charge is -2.37. The van der Waals surface area contributed by atoms with Crippen LogP contribution in [0.25, 0.3) is 21.3 Å². The highest BCUT2D eigenvalue weighted by atomic mass is 32.1. The van der Waals surface area contributed by atoms with Crippen molar-refractivity contribution in [2.45, 2.75) is 79.1 Å². The van der Waals surface area contributed by atoms with Gasteiger partial charge in [0.15, 0.2) is 0 Å². The van der Waals surface area contributed by atoms with Crippen LogP contribution >= 0.6 is 11.3 Å². The average molecular weight is 404 g/mol. The van der Waals surface area contributed by atoms with E-state index >= 15 is 0 Å². The lowest BCUT2D eigenvalue weighted by Crippen LogP contribution is -2.29. The fourth-order valence-corrected chi connectivity index (χ4v) is 6.74. The highest BCUT2D eigenvalue weighted by molar-refractivity contribution is 7.19. The van der Waals surface area contributed by atoms with Gasteiger partial charge in [-0.25, -0.2) is 4.98 Å². The number of aromatic nitrogens is 1. The van der Waals surface area contributed by atoms with E-state index < -0.39 is 0 Å². The first-order chi connectivity index (χ1) is 14.0. The molecule has 0 saturated carbocycles. The number of hydrogen-bond donors (Lipinski definition) is 0. The summed E-state index contributed by atoms with van der Waals surface area (Å²) in [6.45, 7) is 9.47. The second-order valence-electron chi connectivity index (χ2n) is 9.95. The summed E-state index contributed by atoms with van der Waals surface area (Å²) in [4.78, 5) is 8.20. The maximum atomic E-state index is 5.29. The van der Waals surface area contributed by atoms with Crippen molar-refractivity contribution in [3.05, 3.63) is 51.5 Å². The molecule has 0 unspecified atom stereocenters. The molecule has 2 aliphatic carbocycles. The molecule has 0 radical (unpaired) electrons. The van der Waals surface area contributed by atoms with E-state index in [1.54, 1.807) is 16.0 Å². The van der Waals surface area contributed by atoms with E-state index in [1.165, 1.54) is 77.5 Å². The van der Waals surface area contributed by atoms with Gasteiger partial charge in [0.1, 0.15) is 4.83 Å². The molecule has 152 valence electrons. The van der Waals surface area contributed by atoms with Crippen LogP contribution in [-0.4, -0.2) is 4.98 Å². The van der Waals surface area contributed by atoms with Gasteiger partial charge >= 0.3 is 0 Å². The van der Waals surface area contributed by atoms with Crippen LogP contribution in [0.1, 0.15) is 73.7 Å². The molecule has 2 heteroatoms. The maximum absolute atomic E-state index is 5.29. The third-order valence-corrected chi connectivity index (χ3v) is 9.01. The van der Waals surface area contributed by atoms with Crippen LogP contribution in [0.5, 0.6) is 0 Å². The number of benzene rings is 1. The number of hydrogen-bond acceptors (Lipinski definition) is 2. The second-order valence-corrected chi connectivity index (χ2v) is 11.0. The van der Waals surface area contributed by atoms with E-state index in [1.807, 2.05) is 11.3 Å². The smallest absolute Gasteiger partial charge is 0.124 e. The van der Waals surface area contributed by atoms with Crippen molar-refractivity contribution in [2.75, 3.05) is 0 Å². The zero-order valence-corrected chi connectivity index (χ0v) is 19.2. The van der Waals surface area contributed by atoms with Crippen molar-refractivity contribution in [1.29, 1.82) is 0 Å². The van der Waals surface area contributed by atoms with Gasteiger partial charge in [-0.1, -0.05) is 57.0 Å². The molecule has 0 bridgehead atoms. The Morgan fingerprint density at radius 2 is 1.79 bits per heavy atom. The van der Waals surface area contributed by atoms with Crippen molar-refractivity contribution in [2.24, 2.45) is 11.3 Å². The van der Waals surface area contributed by atoms with Gasteiger partial charge in [0, 0.05) is 16.0 Å². The molecule has 0 spiro atoms. The zero-order valence-electron chi connectivity index (χ0n) is 18.4. The quantitative estimate of drug-likeness (QED) is 0.437. The van der Waals surface area contributed by atoms with Gasteiger partial charge in [-0.2, -0.15) is 0 Å². The number of thiophene rings is 1. The Balaban J connectivity index is 1.77. The number of nitrogens with zero attached hydrogens (tertiary/aromatic N) is 1. The summed E-state index contributed by atoms with van der Waals surface area (Å²) in [7, 11) is 0. The van der Waals surface area contributed by atoms with E-state index in [2.05, 4.69) is 52.0 Å². The van der Waals surface area contributed by atoms with Crippen molar-refractivity contribution in [1.82, 2.24) is 4.98 Å². The molecule has 0 amide bonds. The molecule has 3 aromatic rings. The Morgan fingerprint density at radius 3 is 2.55 bits per heavy atom. The SMILES string of the molecule is CCC(C)(C)[C@@H]1CCc2nc3sc4c(c3c(-c3ccc(C)cc3)c2C1)CCCC4. The Labute approximate surface area is 179 Å². The molecule has 2 heterocycles. The average Bonchev–Trinajstić information content (AvgIpc) is 3.10. The summed E-state index contributed by atoms with van der Waals surface area (Å²) < 4.78 is 0. The van der Waals surface area contributed by atoms with Gasteiger partial charge in [-0.3, -0.25) is 0 Å². The highest BCUT2D eigenvalue weighted by Crippen LogP contribution is 2.47. The number of rotatable bonds is 3. The van der Waals surface area contributed by atoms with Crippen LogP contribution < -0.4 is 0 Å². The molecule has 2 aliphatic rings. The molecule has 0 saturated heterocycles. The van der Waals surface area contributed by atoms with E-state index in [9.17, 15) is 0 Å². The molecule has 0 N–H and O–H groups in total. The Bertz CT molecular complexity index is 1050. The Morgan fingerprint density at radius 1 is 1.03 bits per heavy atom. The van der Waals surface area contributed by atoms with E-state index in [-0.39, 0.29) is 0 Å². The van der Waals surface area contributed by atoms with Crippen molar-refractivity contribution >= 4 is 21.6 Å². The third kappa shape index (κ3) is 3.24. The van der Waals surface area contributed by atoms with Crippen LogP contribution in [0, 0.1) is 18.3 Å². The second kappa shape index (κ2) is 7.23. The lowest BCUT2D eigenvalue weighted by molar-refractivity contribution is 0.182. The molecule has 0 aliphatic heterocycles. The predicted octanol–water partition coefficient (Wildman–Crippen LogP) is 7.69. The van der Waals surface area contributed by atoms with Gasteiger partial charge in [0.25, 0.3) is 0 Å². The van der Waals surface area contributed by atoms with Crippen LogP contribution in [0.3, 0.4) is 0 Å². The molecule has 1 atom stereocenters. The normalized spacial score (nSPS) is 19.2. The maximum Gasteiger partial charge on any atom is 0.124 e. The van der Waals surface area contributed by atoms with E-state index in [0.717, 1.165) is 12.3 Å². The molecular weight excluding hydrogens is 370 g/mol. The summed E-state index contributed by atoms with van der Waals surface area (Å²) in [5, 5.41) is 1.50. The topological polar surface area (TPSA) is 12.9 Å².